The molecule has 18 heavy (non-hydrogen) atoms. The number of carboxylic acid groups (broad SMARTS) is 1. The van der Waals surface area contributed by atoms with Crippen molar-refractivity contribution in [3.63, 3.8) is 0 Å². The van der Waals surface area contributed by atoms with Crippen LogP contribution >= 0.6 is 0 Å². The van der Waals surface area contributed by atoms with Crippen molar-refractivity contribution in [2.24, 2.45) is 5.92 Å². The van der Waals surface area contributed by atoms with Gasteiger partial charge < -0.3 is 5.11 Å². The Bertz CT molecular complexity index is 507. The fourth-order valence-electron chi connectivity index (χ4n) is 1.61. The summed E-state index contributed by atoms with van der Waals surface area (Å²) in [5, 5.41) is 8.95. The summed E-state index contributed by atoms with van der Waals surface area (Å²) in [6.07, 6.45) is 2.10. The number of rotatable bonds is 6. The molecule has 0 aliphatic carbocycles. The van der Waals surface area contributed by atoms with Gasteiger partial charge in [-0.3, -0.25) is 9.52 Å². The highest BCUT2D eigenvalue weighted by Crippen LogP contribution is 2.16. The second kappa shape index (κ2) is 5.86. The van der Waals surface area contributed by atoms with Gasteiger partial charge in [0.25, 0.3) is 0 Å². The molecule has 0 aliphatic heterocycles. The van der Waals surface area contributed by atoms with Gasteiger partial charge in [0.1, 0.15) is 0 Å². The van der Waals surface area contributed by atoms with Crippen molar-refractivity contribution in [2.45, 2.75) is 19.8 Å². The van der Waals surface area contributed by atoms with E-state index >= 15 is 0 Å². The molecule has 1 aromatic carbocycles. The van der Waals surface area contributed by atoms with Gasteiger partial charge in [0.15, 0.2) is 0 Å². The fraction of sp³-hybridized carbons (Fsp3) is 0.417. The largest absolute Gasteiger partial charge is 0.481 e. The van der Waals surface area contributed by atoms with Crippen LogP contribution in [0.2, 0.25) is 0 Å². The molecule has 0 fully saturated rings. The fourth-order valence-corrected chi connectivity index (χ4v) is 2.18. The molecule has 0 radical (unpaired) electrons. The summed E-state index contributed by atoms with van der Waals surface area (Å²) in [5.74, 6) is -1.21. The average Bonchev–Trinajstić information content (AvgIpc) is 2.25. The van der Waals surface area contributed by atoms with Crippen LogP contribution in [-0.4, -0.2) is 25.7 Å². The minimum atomic E-state index is -3.28. The smallest absolute Gasteiger partial charge is 0.306 e. The first kappa shape index (κ1) is 14.5. The Morgan fingerprint density at radius 3 is 2.28 bits per heavy atom. The number of hydrogen-bond donors (Lipinski definition) is 2. The van der Waals surface area contributed by atoms with E-state index in [0.29, 0.717) is 18.5 Å². The van der Waals surface area contributed by atoms with E-state index in [-0.39, 0.29) is 0 Å². The molecule has 0 heterocycles. The lowest BCUT2D eigenvalue weighted by atomic mass is 9.97. The minimum Gasteiger partial charge on any atom is -0.481 e. The van der Waals surface area contributed by atoms with Crippen LogP contribution in [0.4, 0.5) is 5.69 Å². The molecule has 0 spiro atoms. The molecule has 0 saturated heterocycles. The van der Waals surface area contributed by atoms with Gasteiger partial charge in [-0.25, -0.2) is 8.42 Å². The lowest BCUT2D eigenvalue weighted by Gasteiger charge is -2.10. The molecule has 1 atom stereocenters. The Balaban J connectivity index is 2.74. The summed E-state index contributed by atoms with van der Waals surface area (Å²) in [4.78, 5) is 10.9. The van der Waals surface area contributed by atoms with Crippen LogP contribution in [0.25, 0.3) is 0 Å². The van der Waals surface area contributed by atoms with Crippen molar-refractivity contribution < 1.29 is 18.3 Å². The van der Waals surface area contributed by atoms with Crippen molar-refractivity contribution >= 4 is 21.7 Å². The van der Waals surface area contributed by atoms with Crippen molar-refractivity contribution in [3.05, 3.63) is 29.8 Å². The van der Waals surface area contributed by atoms with Crippen LogP contribution in [0.3, 0.4) is 0 Å². The Morgan fingerprint density at radius 1 is 1.33 bits per heavy atom. The molecule has 2 N–H and O–H groups in total. The highest BCUT2D eigenvalue weighted by atomic mass is 32.2. The van der Waals surface area contributed by atoms with E-state index in [4.69, 9.17) is 5.11 Å². The van der Waals surface area contributed by atoms with E-state index in [9.17, 15) is 13.2 Å². The summed E-state index contributed by atoms with van der Waals surface area (Å²) in [5.41, 5.74) is 1.35. The Hall–Kier alpha value is -1.56. The van der Waals surface area contributed by atoms with Gasteiger partial charge in [-0.15, -0.1) is 0 Å². The highest BCUT2D eigenvalue weighted by Gasteiger charge is 2.15. The second-order valence-corrected chi connectivity index (χ2v) is 5.97. The predicted molar refractivity (Wildman–Crippen MR) is 70.0 cm³/mol. The first-order chi connectivity index (χ1) is 8.31. The molecule has 0 aromatic heterocycles. The van der Waals surface area contributed by atoms with Gasteiger partial charge in [0, 0.05) is 5.69 Å². The summed E-state index contributed by atoms with van der Waals surface area (Å²) >= 11 is 0. The maximum absolute atomic E-state index is 11.0. The van der Waals surface area contributed by atoms with Crippen LogP contribution in [0.15, 0.2) is 24.3 Å². The van der Waals surface area contributed by atoms with Gasteiger partial charge in [-0.1, -0.05) is 19.1 Å². The van der Waals surface area contributed by atoms with Crippen molar-refractivity contribution in [2.75, 3.05) is 11.0 Å². The van der Waals surface area contributed by atoms with E-state index in [2.05, 4.69) is 4.72 Å². The Kier molecular flexibility index (Phi) is 4.72. The van der Waals surface area contributed by atoms with Crippen molar-refractivity contribution in [1.82, 2.24) is 0 Å². The first-order valence-electron chi connectivity index (χ1n) is 5.61. The summed E-state index contributed by atoms with van der Waals surface area (Å²) in [6, 6.07) is 6.73. The molecule has 100 valence electrons. The van der Waals surface area contributed by atoms with Gasteiger partial charge in [-0.05, 0) is 30.5 Å². The first-order valence-corrected chi connectivity index (χ1v) is 7.50. The van der Waals surface area contributed by atoms with E-state index in [1.165, 1.54) is 0 Å². The standard InChI is InChI=1S/C12H17NO4S/c1-3-10(12(14)15)8-9-4-6-11(7-5-9)13-18(2,16)17/h4-7,10,13H,3,8H2,1-2H3,(H,14,15). The Morgan fingerprint density at radius 2 is 1.89 bits per heavy atom. The molecule has 0 aliphatic rings. The normalized spacial score (nSPS) is 13.0. The van der Waals surface area contributed by atoms with Crippen LogP contribution in [0, 0.1) is 5.92 Å². The molecule has 0 amide bonds. The number of benzene rings is 1. The maximum atomic E-state index is 11.0. The second-order valence-electron chi connectivity index (χ2n) is 4.22. The molecular weight excluding hydrogens is 254 g/mol. The van der Waals surface area contributed by atoms with E-state index in [0.717, 1.165) is 11.8 Å². The summed E-state index contributed by atoms with van der Waals surface area (Å²) in [6.45, 7) is 1.83. The van der Waals surface area contributed by atoms with E-state index in [1.807, 2.05) is 6.92 Å². The van der Waals surface area contributed by atoms with Crippen LogP contribution < -0.4 is 4.72 Å². The zero-order chi connectivity index (χ0) is 13.8. The van der Waals surface area contributed by atoms with Gasteiger partial charge >= 0.3 is 5.97 Å². The number of carboxylic acids is 1. The van der Waals surface area contributed by atoms with Crippen molar-refractivity contribution in [1.29, 1.82) is 0 Å². The van der Waals surface area contributed by atoms with Crippen LogP contribution in [0.5, 0.6) is 0 Å². The third kappa shape index (κ3) is 4.75. The van der Waals surface area contributed by atoms with Gasteiger partial charge in [0.2, 0.25) is 10.0 Å². The zero-order valence-corrected chi connectivity index (χ0v) is 11.2. The SMILES string of the molecule is CCC(Cc1ccc(NS(C)(=O)=O)cc1)C(=O)O. The van der Waals surface area contributed by atoms with E-state index in [1.54, 1.807) is 24.3 Å². The van der Waals surface area contributed by atoms with Crippen molar-refractivity contribution in [3.8, 4) is 0 Å². The molecule has 0 saturated carbocycles. The molecular formula is C12H17NO4S. The monoisotopic (exact) mass is 271 g/mol. The number of aliphatic carboxylic acids is 1. The van der Waals surface area contributed by atoms with Crippen LogP contribution in [0.1, 0.15) is 18.9 Å². The number of anilines is 1. The number of nitrogens with one attached hydrogen (secondary N) is 1. The molecule has 5 nitrogen and oxygen atoms in total. The maximum Gasteiger partial charge on any atom is 0.306 e. The third-order valence-electron chi connectivity index (χ3n) is 2.58. The molecule has 6 heteroatoms. The lowest BCUT2D eigenvalue weighted by molar-refractivity contribution is -0.141. The van der Waals surface area contributed by atoms with Crippen LogP contribution in [-0.2, 0) is 21.2 Å². The van der Waals surface area contributed by atoms with E-state index < -0.39 is 21.9 Å². The highest BCUT2D eigenvalue weighted by molar-refractivity contribution is 7.92. The molecule has 0 bridgehead atoms. The zero-order valence-electron chi connectivity index (χ0n) is 10.4. The number of hydrogen-bond acceptors (Lipinski definition) is 3. The molecule has 1 aromatic rings. The third-order valence-corrected chi connectivity index (χ3v) is 3.19. The van der Waals surface area contributed by atoms with Gasteiger partial charge in [0.05, 0.1) is 12.2 Å². The molecule has 1 rings (SSSR count). The minimum absolute atomic E-state index is 0.404. The topological polar surface area (TPSA) is 83.5 Å². The number of sulfonamides is 1. The quantitative estimate of drug-likeness (QED) is 0.825. The average molecular weight is 271 g/mol. The Labute approximate surface area is 107 Å². The summed E-state index contributed by atoms with van der Waals surface area (Å²) < 4.78 is 24.4. The number of carbonyl (C=O) groups is 1. The summed E-state index contributed by atoms with van der Waals surface area (Å²) in [7, 11) is -3.28. The molecule has 1 unspecified atom stereocenters. The predicted octanol–water partition coefficient (Wildman–Crippen LogP) is 1.71. The van der Waals surface area contributed by atoms with Gasteiger partial charge in [-0.2, -0.15) is 0 Å². The lowest BCUT2D eigenvalue weighted by Crippen LogP contribution is -2.15.